The average Bonchev–Trinajstić information content (AvgIpc) is 3.26. The van der Waals surface area contributed by atoms with Crippen LogP contribution in [0.15, 0.2) is 17.2 Å². The van der Waals surface area contributed by atoms with Gasteiger partial charge in [0.05, 0.1) is 12.4 Å². The third kappa shape index (κ3) is 41.5. The molecule has 9 nitrogen and oxygen atoms in total. The summed E-state index contributed by atoms with van der Waals surface area (Å²) in [5.41, 5.74) is -0.143. The van der Waals surface area contributed by atoms with Gasteiger partial charge in [-0.15, -0.1) is 0 Å². The van der Waals surface area contributed by atoms with Crippen LogP contribution in [0.2, 0.25) is 0 Å². The number of aromatic nitrogens is 2. The smallest absolute Gasteiger partial charge is 0.306 e. The minimum atomic E-state index is -0.143. The highest BCUT2D eigenvalue weighted by Gasteiger charge is 2.14. The van der Waals surface area contributed by atoms with E-state index in [1.54, 1.807) is 0 Å². The van der Waals surface area contributed by atoms with Gasteiger partial charge in [0.15, 0.2) is 0 Å². The molecule has 61 heavy (non-hydrogen) atoms. The van der Waals surface area contributed by atoms with Gasteiger partial charge in [-0.05, 0) is 90.3 Å². The molecule has 1 aromatic rings. The van der Waals surface area contributed by atoms with E-state index in [-0.39, 0.29) is 17.6 Å². The van der Waals surface area contributed by atoms with Crippen molar-refractivity contribution in [3.63, 3.8) is 0 Å². The fraction of sp³-hybridized carbons (Fsp3) is 0.885. The van der Waals surface area contributed by atoms with Crippen LogP contribution >= 0.6 is 0 Å². The number of anilines is 1. The number of nitrogens with zero attached hydrogens (tertiary/aromatic N) is 2. The second kappa shape index (κ2) is 47.2. The lowest BCUT2D eigenvalue weighted by Crippen LogP contribution is -2.28. The van der Waals surface area contributed by atoms with Crippen molar-refractivity contribution in [2.45, 2.75) is 265 Å². The molecule has 1 heterocycles. The van der Waals surface area contributed by atoms with Gasteiger partial charge in [-0.25, -0.2) is 4.98 Å². The molecule has 0 aromatic carbocycles. The molecule has 2 N–H and O–H groups in total. The summed E-state index contributed by atoms with van der Waals surface area (Å²) in [6, 6.07) is 1.49. The predicted octanol–water partition coefficient (Wildman–Crippen LogP) is 14.3. The van der Waals surface area contributed by atoms with Crippen LogP contribution in [0.5, 0.6) is 0 Å². The van der Waals surface area contributed by atoms with Crippen LogP contribution in [0.25, 0.3) is 0 Å². The number of methoxy groups -OCH3 is 1. The van der Waals surface area contributed by atoms with Gasteiger partial charge < -0.3 is 29.5 Å². The number of nitrogens with one attached hydrogen (secondary N) is 2. The number of aromatic amines is 1. The Kier molecular flexibility index (Phi) is 45.5. The van der Waals surface area contributed by atoms with E-state index in [2.05, 4.69) is 47.9 Å². The van der Waals surface area contributed by atoms with Crippen molar-refractivity contribution < 1.29 is 19.1 Å². The molecule has 0 spiro atoms. The normalized spacial score (nSPS) is 11.8. The summed E-state index contributed by atoms with van der Waals surface area (Å²) >= 11 is 0. The van der Waals surface area contributed by atoms with E-state index >= 15 is 0 Å². The van der Waals surface area contributed by atoms with E-state index in [1.807, 2.05) is 7.11 Å². The first-order valence-corrected chi connectivity index (χ1v) is 26.1. The molecule has 0 fully saturated rings. The summed E-state index contributed by atoms with van der Waals surface area (Å²) < 4.78 is 11.4. The van der Waals surface area contributed by atoms with Gasteiger partial charge >= 0.3 is 5.97 Å². The van der Waals surface area contributed by atoms with Gasteiger partial charge in [0.1, 0.15) is 18.2 Å². The number of carbonyl (C=O) groups excluding carboxylic acids is 2. The zero-order valence-electron chi connectivity index (χ0n) is 40.9. The van der Waals surface area contributed by atoms with Crippen LogP contribution in [-0.2, 0) is 19.1 Å². The Morgan fingerprint density at radius 3 is 1.59 bits per heavy atom. The monoisotopic (exact) mass is 861 g/mol. The third-order valence-corrected chi connectivity index (χ3v) is 12.0. The lowest BCUT2D eigenvalue weighted by atomic mass is 10.0. The van der Waals surface area contributed by atoms with Crippen molar-refractivity contribution in [2.24, 2.45) is 0 Å². The Labute approximate surface area is 376 Å². The summed E-state index contributed by atoms with van der Waals surface area (Å²) in [6.07, 6.45) is 44.7. The number of hydrogen-bond acceptors (Lipinski definition) is 8. The first-order valence-electron chi connectivity index (χ1n) is 26.1. The first-order chi connectivity index (χ1) is 29.9. The van der Waals surface area contributed by atoms with E-state index in [1.165, 1.54) is 166 Å². The molecule has 358 valence electrons. The quantitative estimate of drug-likeness (QED) is 0.0379. The minimum Gasteiger partial charge on any atom is -0.462 e. The van der Waals surface area contributed by atoms with E-state index < -0.39 is 0 Å². The molecule has 0 aliphatic carbocycles. The predicted molar refractivity (Wildman–Crippen MR) is 261 cm³/mol. The van der Waals surface area contributed by atoms with Crippen LogP contribution in [0.4, 0.5) is 5.82 Å². The summed E-state index contributed by atoms with van der Waals surface area (Å²) in [5.74, 6) is 0.633. The molecule has 0 amide bonds. The number of unbranched alkanes of at least 4 members (excludes halogenated alkanes) is 24. The molecule has 0 saturated heterocycles. The molecule has 1 unspecified atom stereocenters. The number of H-pyrrole nitrogens is 1. The highest BCUT2D eigenvalue weighted by atomic mass is 16.5. The molecule has 0 radical (unpaired) electrons. The van der Waals surface area contributed by atoms with E-state index in [0.29, 0.717) is 24.8 Å². The lowest BCUT2D eigenvalue weighted by molar-refractivity contribution is -0.150. The molecule has 0 aliphatic heterocycles. The van der Waals surface area contributed by atoms with Gasteiger partial charge in [0.25, 0.3) is 5.56 Å². The van der Waals surface area contributed by atoms with Crippen molar-refractivity contribution in [1.82, 2.24) is 14.9 Å². The molecule has 0 aliphatic rings. The number of carbonyl (C=O) groups is 2. The van der Waals surface area contributed by atoms with Crippen LogP contribution in [0, 0.1) is 0 Å². The molecule has 9 heteroatoms. The van der Waals surface area contributed by atoms with E-state index in [0.717, 1.165) is 90.3 Å². The van der Waals surface area contributed by atoms with Crippen LogP contribution in [0.1, 0.15) is 252 Å². The Hall–Kier alpha value is -2.26. The molecule has 0 saturated carbocycles. The van der Waals surface area contributed by atoms with Gasteiger partial charge in [0, 0.05) is 32.6 Å². The summed E-state index contributed by atoms with van der Waals surface area (Å²) in [5, 5.41) is 3.26. The fourth-order valence-electron chi connectivity index (χ4n) is 8.00. The lowest BCUT2D eigenvalue weighted by Gasteiger charge is -2.22. The van der Waals surface area contributed by atoms with Crippen molar-refractivity contribution in [2.75, 3.05) is 38.6 Å². The average molecular weight is 861 g/mol. The summed E-state index contributed by atoms with van der Waals surface area (Å²) in [7, 11) is 1.82. The van der Waals surface area contributed by atoms with Gasteiger partial charge in [-0.3, -0.25) is 9.59 Å². The highest BCUT2D eigenvalue weighted by Crippen LogP contribution is 2.19. The maximum absolute atomic E-state index is 12.7. The van der Waals surface area contributed by atoms with Crippen LogP contribution in [-0.4, -0.2) is 72.6 Å². The highest BCUT2D eigenvalue weighted by molar-refractivity contribution is 5.69. The van der Waals surface area contributed by atoms with Gasteiger partial charge in [0.2, 0.25) is 0 Å². The Bertz CT molecular complexity index is 1100. The second-order valence-corrected chi connectivity index (χ2v) is 17.7. The minimum absolute atomic E-state index is 0.0122. The Morgan fingerprint density at radius 1 is 0.639 bits per heavy atom. The number of hydrogen-bond donors (Lipinski definition) is 2. The molecular weight excluding hydrogens is 761 g/mol. The zero-order chi connectivity index (χ0) is 44.7. The van der Waals surface area contributed by atoms with Crippen molar-refractivity contribution in [1.29, 1.82) is 0 Å². The maximum atomic E-state index is 12.7. The Morgan fingerprint density at radius 2 is 1.10 bits per heavy atom. The maximum Gasteiger partial charge on any atom is 0.306 e. The van der Waals surface area contributed by atoms with Gasteiger partial charge in [-0.2, -0.15) is 0 Å². The van der Waals surface area contributed by atoms with E-state index in [9.17, 15) is 14.4 Å². The number of ether oxygens (including phenoxy) is 2. The van der Waals surface area contributed by atoms with E-state index in [4.69, 9.17) is 9.47 Å². The topological polar surface area (TPSA) is 114 Å². The van der Waals surface area contributed by atoms with Crippen LogP contribution < -0.4 is 10.9 Å². The first kappa shape index (κ1) is 58.7. The second-order valence-electron chi connectivity index (χ2n) is 17.7. The third-order valence-electron chi connectivity index (χ3n) is 12.0. The fourth-order valence-corrected chi connectivity index (χ4v) is 8.00. The molecule has 0 bridgehead atoms. The zero-order valence-corrected chi connectivity index (χ0v) is 40.9. The Balaban J connectivity index is 0.00000237. The molecule has 1 rings (SSSR count). The van der Waals surface area contributed by atoms with Crippen molar-refractivity contribution in [3.05, 3.63) is 22.7 Å². The number of esters is 1. The molecule has 1 aromatic heterocycles. The number of aldehydes is 1. The SMILES string of the molecule is CCCCCCCCC(CC)OC.CCCCCCCCC(CCCCCCCC)OC(=O)CCCCCCCN(CCCCCCCC=O)CCCNc1cc(=O)[nH]cn1. The van der Waals surface area contributed by atoms with Gasteiger partial charge in [-0.1, -0.05) is 169 Å². The summed E-state index contributed by atoms with van der Waals surface area (Å²) in [4.78, 5) is 44.1. The van der Waals surface area contributed by atoms with Crippen molar-refractivity contribution >= 4 is 18.1 Å². The standard InChI is InChI=1S/C40H74N4O4.C12H26O/c1-3-5-7-9-14-20-27-37(28-21-15-10-8-6-4-2)48-40(47)29-22-16-13-18-24-32-44(31-23-17-11-12-19-25-34-45)33-26-30-41-38-35-39(46)43-36-42-38;1-4-6-7-8-9-10-11-12(5-2)13-3/h34-37H,3-33H2,1-2H3,(H2,41,42,43,46);12H,4-11H2,1-3H3. The molecule has 1 atom stereocenters. The number of rotatable bonds is 45. The van der Waals surface area contributed by atoms with Crippen LogP contribution in [0.3, 0.4) is 0 Å². The summed E-state index contributed by atoms with van der Waals surface area (Å²) in [6.45, 7) is 13.0. The largest absolute Gasteiger partial charge is 0.462 e. The van der Waals surface area contributed by atoms with Crippen molar-refractivity contribution in [3.8, 4) is 0 Å². The molecular formula is C52H100N4O5.